The highest BCUT2D eigenvalue weighted by Crippen LogP contribution is 2.04. The van der Waals surface area contributed by atoms with Gasteiger partial charge in [-0.3, -0.25) is 4.79 Å². The van der Waals surface area contributed by atoms with Crippen LogP contribution in [0.3, 0.4) is 0 Å². The van der Waals surface area contributed by atoms with Crippen molar-refractivity contribution >= 4 is 5.91 Å². The minimum absolute atomic E-state index is 0.0587. The lowest BCUT2D eigenvalue weighted by molar-refractivity contribution is 0.0927. The number of aryl methyl sites for hydroxylation is 1. The molecule has 0 heterocycles. The van der Waals surface area contributed by atoms with Crippen LogP contribution in [0.15, 0.2) is 36.4 Å². The predicted octanol–water partition coefficient (Wildman–Crippen LogP) is 2.57. The summed E-state index contributed by atoms with van der Waals surface area (Å²) in [6.45, 7) is 9.31. The van der Waals surface area contributed by atoms with E-state index in [4.69, 9.17) is 4.74 Å². The summed E-state index contributed by atoms with van der Waals surface area (Å²) in [5.74, 6) is -0.0587. The predicted molar refractivity (Wildman–Crippen MR) is 73.8 cm³/mol. The second kappa shape index (κ2) is 7.67. The van der Waals surface area contributed by atoms with E-state index in [1.165, 1.54) is 5.56 Å². The smallest absolute Gasteiger partial charge is 0.251 e. The van der Waals surface area contributed by atoms with Crippen molar-refractivity contribution in [3.8, 4) is 0 Å². The highest BCUT2D eigenvalue weighted by molar-refractivity contribution is 5.94. The van der Waals surface area contributed by atoms with Crippen LogP contribution < -0.4 is 5.32 Å². The molecule has 0 radical (unpaired) electrons. The fraction of sp³-hybridized carbons (Fsp3) is 0.400. The maximum Gasteiger partial charge on any atom is 0.251 e. The molecule has 0 fully saturated rings. The third kappa shape index (κ3) is 5.15. The van der Waals surface area contributed by atoms with Gasteiger partial charge in [-0.05, 0) is 31.0 Å². The zero-order chi connectivity index (χ0) is 13.4. The summed E-state index contributed by atoms with van der Waals surface area (Å²) in [5, 5.41) is 2.82. The SMILES string of the molecule is C=C(C)COCCNC(=O)c1ccc(CC)cc1. The number of ether oxygens (including phenoxy) is 1. The van der Waals surface area contributed by atoms with Crippen LogP contribution in [-0.4, -0.2) is 25.7 Å². The van der Waals surface area contributed by atoms with Crippen molar-refractivity contribution in [3.63, 3.8) is 0 Å². The summed E-state index contributed by atoms with van der Waals surface area (Å²) in [4.78, 5) is 11.8. The fourth-order valence-corrected chi connectivity index (χ4v) is 1.48. The zero-order valence-corrected chi connectivity index (χ0v) is 11.2. The van der Waals surface area contributed by atoms with E-state index in [1.54, 1.807) is 0 Å². The van der Waals surface area contributed by atoms with Crippen LogP contribution >= 0.6 is 0 Å². The van der Waals surface area contributed by atoms with Crippen LogP contribution in [0.2, 0.25) is 0 Å². The monoisotopic (exact) mass is 247 g/mol. The first-order chi connectivity index (χ1) is 8.63. The Bertz CT molecular complexity index is 395. The number of hydrogen-bond acceptors (Lipinski definition) is 2. The Morgan fingerprint density at radius 3 is 2.56 bits per heavy atom. The Hall–Kier alpha value is -1.61. The van der Waals surface area contributed by atoms with Crippen molar-refractivity contribution in [2.24, 2.45) is 0 Å². The van der Waals surface area contributed by atoms with Gasteiger partial charge in [0, 0.05) is 12.1 Å². The summed E-state index contributed by atoms with van der Waals surface area (Å²) in [6.07, 6.45) is 0.983. The quantitative estimate of drug-likeness (QED) is 0.594. The lowest BCUT2D eigenvalue weighted by Gasteiger charge is -2.06. The molecule has 0 aromatic heterocycles. The first kappa shape index (κ1) is 14.5. The van der Waals surface area contributed by atoms with Gasteiger partial charge < -0.3 is 10.1 Å². The van der Waals surface area contributed by atoms with E-state index >= 15 is 0 Å². The average molecular weight is 247 g/mol. The Kier molecular flexibility index (Phi) is 6.15. The number of carbonyl (C=O) groups is 1. The normalized spacial score (nSPS) is 10.1. The average Bonchev–Trinajstić information content (AvgIpc) is 2.38. The minimum Gasteiger partial charge on any atom is -0.375 e. The highest BCUT2D eigenvalue weighted by atomic mass is 16.5. The molecule has 0 aliphatic rings. The van der Waals surface area contributed by atoms with Gasteiger partial charge in [0.05, 0.1) is 13.2 Å². The number of benzene rings is 1. The molecule has 1 aromatic carbocycles. The van der Waals surface area contributed by atoms with Gasteiger partial charge >= 0.3 is 0 Å². The third-order valence-corrected chi connectivity index (χ3v) is 2.50. The molecule has 1 amide bonds. The van der Waals surface area contributed by atoms with Crippen LogP contribution in [0.1, 0.15) is 29.8 Å². The van der Waals surface area contributed by atoms with Gasteiger partial charge in [0.2, 0.25) is 0 Å². The van der Waals surface area contributed by atoms with Gasteiger partial charge in [0.1, 0.15) is 0 Å². The fourth-order valence-electron chi connectivity index (χ4n) is 1.48. The standard InChI is InChI=1S/C15H21NO2/c1-4-13-5-7-14(8-6-13)15(17)16-9-10-18-11-12(2)3/h5-8H,2,4,9-11H2,1,3H3,(H,16,17). The molecule has 18 heavy (non-hydrogen) atoms. The maximum absolute atomic E-state index is 11.8. The summed E-state index contributed by atoms with van der Waals surface area (Å²) in [7, 11) is 0. The van der Waals surface area contributed by atoms with Crippen molar-refractivity contribution in [2.45, 2.75) is 20.3 Å². The second-order valence-corrected chi connectivity index (χ2v) is 4.32. The summed E-state index contributed by atoms with van der Waals surface area (Å²) < 4.78 is 5.30. The van der Waals surface area contributed by atoms with E-state index < -0.39 is 0 Å². The van der Waals surface area contributed by atoms with Crippen LogP contribution in [0.25, 0.3) is 0 Å². The molecular formula is C15H21NO2. The molecule has 0 saturated carbocycles. The highest BCUT2D eigenvalue weighted by Gasteiger charge is 2.03. The molecule has 3 nitrogen and oxygen atoms in total. The topological polar surface area (TPSA) is 38.3 Å². The second-order valence-electron chi connectivity index (χ2n) is 4.32. The van der Waals surface area contributed by atoms with Gasteiger partial charge in [-0.2, -0.15) is 0 Å². The van der Waals surface area contributed by atoms with Gasteiger partial charge in [0.25, 0.3) is 5.91 Å². The largest absolute Gasteiger partial charge is 0.375 e. The summed E-state index contributed by atoms with van der Waals surface area (Å²) in [5.41, 5.74) is 2.90. The van der Waals surface area contributed by atoms with Crippen LogP contribution in [-0.2, 0) is 11.2 Å². The number of amides is 1. The van der Waals surface area contributed by atoms with Gasteiger partial charge in [-0.1, -0.05) is 31.2 Å². The Morgan fingerprint density at radius 2 is 2.00 bits per heavy atom. The van der Waals surface area contributed by atoms with Gasteiger partial charge in [-0.25, -0.2) is 0 Å². The molecule has 0 unspecified atom stereocenters. The molecule has 1 rings (SSSR count). The van der Waals surface area contributed by atoms with Crippen molar-refractivity contribution < 1.29 is 9.53 Å². The molecule has 0 aliphatic carbocycles. The van der Waals surface area contributed by atoms with Crippen LogP contribution in [0.4, 0.5) is 0 Å². The van der Waals surface area contributed by atoms with E-state index in [2.05, 4.69) is 18.8 Å². The molecule has 1 aromatic rings. The lowest BCUT2D eigenvalue weighted by atomic mass is 10.1. The zero-order valence-electron chi connectivity index (χ0n) is 11.2. The summed E-state index contributed by atoms with van der Waals surface area (Å²) >= 11 is 0. The van der Waals surface area contributed by atoms with Gasteiger partial charge in [-0.15, -0.1) is 0 Å². The first-order valence-electron chi connectivity index (χ1n) is 6.22. The molecule has 0 bridgehead atoms. The van der Waals surface area contributed by atoms with Crippen LogP contribution in [0.5, 0.6) is 0 Å². The van der Waals surface area contributed by atoms with Crippen molar-refractivity contribution in [2.75, 3.05) is 19.8 Å². The molecular weight excluding hydrogens is 226 g/mol. The van der Waals surface area contributed by atoms with E-state index in [0.29, 0.717) is 25.3 Å². The maximum atomic E-state index is 11.8. The van der Waals surface area contributed by atoms with E-state index in [0.717, 1.165) is 12.0 Å². The Morgan fingerprint density at radius 1 is 1.33 bits per heavy atom. The Labute approximate surface area is 109 Å². The van der Waals surface area contributed by atoms with Crippen LogP contribution in [0, 0.1) is 0 Å². The number of nitrogens with one attached hydrogen (secondary N) is 1. The third-order valence-electron chi connectivity index (χ3n) is 2.50. The molecule has 0 spiro atoms. The summed E-state index contributed by atoms with van der Waals surface area (Å²) in [6, 6.07) is 7.66. The number of rotatable bonds is 7. The number of carbonyl (C=O) groups excluding carboxylic acids is 1. The minimum atomic E-state index is -0.0587. The Balaban J connectivity index is 2.29. The molecule has 98 valence electrons. The van der Waals surface area contributed by atoms with E-state index in [1.807, 2.05) is 31.2 Å². The molecule has 0 aliphatic heterocycles. The molecule has 1 N–H and O–H groups in total. The number of hydrogen-bond donors (Lipinski definition) is 1. The van der Waals surface area contributed by atoms with Crippen molar-refractivity contribution in [3.05, 3.63) is 47.5 Å². The lowest BCUT2D eigenvalue weighted by Crippen LogP contribution is -2.27. The molecule has 0 saturated heterocycles. The van der Waals surface area contributed by atoms with Gasteiger partial charge in [0.15, 0.2) is 0 Å². The van der Waals surface area contributed by atoms with E-state index in [9.17, 15) is 4.79 Å². The van der Waals surface area contributed by atoms with Crippen molar-refractivity contribution in [1.29, 1.82) is 0 Å². The first-order valence-corrected chi connectivity index (χ1v) is 6.22. The molecule has 0 atom stereocenters. The molecule has 3 heteroatoms. The van der Waals surface area contributed by atoms with Crippen molar-refractivity contribution in [1.82, 2.24) is 5.32 Å². The van der Waals surface area contributed by atoms with E-state index in [-0.39, 0.29) is 5.91 Å².